The van der Waals surface area contributed by atoms with Gasteiger partial charge in [-0.1, -0.05) is 30.3 Å². The summed E-state index contributed by atoms with van der Waals surface area (Å²) in [5.41, 5.74) is 6.35. The van der Waals surface area contributed by atoms with Crippen LogP contribution in [-0.4, -0.2) is 31.8 Å². The van der Waals surface area contributed by atoms with E-state index in [0.29, 0.717) is 19.4 Å². The van der Waals surface area contributed by atoms with E-state index >= 15 is 0 Å². The second kappa shape index (κ2) is 9.77. The lowest BCUT2D eigenvalue weighted by Crippen LogP contribution is -2.37. The fraction of sp³-hybridized carbons (Fsp3) is 0.467. The molecular formula is C15H22N2O4. The molecule has 0 saturated heterocycles. The maximum Gasteiger partial charge on any atom is 0.407 e. The largest absolute Gasteiger partial charge is 0.469 e. The molecule has 1 rings (SSSR count). The molecule has 0 spiro atoms. The van der Waals surface area contributed by atoms with Crippen LogP contribution in [0.15, 0.2) is 30.3 Å². The van der Waals surface area contributed by atoms with Crippen molar-refractivity contribution >= 4 is 12.1 Å². The number of nitrogens with two attached hydrogens (primary N) is 1. The SMILES string of the molecule is COC(=O)C[C@H](CCCN)NC(=O)OCc1ccccc1. The molecule has 0 saturated carbocycles. The maximum atomic E-state index is 11.7. The van der Waals surface area contributed by atoms with Gasteiger partial charge in [-0.2, -0.15) is 0 Å². The molecule has 0 heterocycles. The van der Waals surface area contributed by atoms with Gasteiger partial charge in [-0.15, -0.1) is 0 Å². The van der Waals surface area contributed by atoms with E-state index in [4.69, 9.17) is 10.5 Å². The molecule has 0 radical (unpaired) electrons. The lowest BCUT2D eigenvalue weighted by molar-refractivity contribution is -0.141. The van der Waals surface area contributed by atoms with E-state index in [2.05, 4.69) is 10.1 Å². The van der Waals surface area contributed by atoms with Gasteiger partial charge < -0.3 is 20.5 Å². The zero-order valence-electron chi connectivity index (χ0n) is 12.2. The van der Waals surface area contributed by atoms with Gasteiger partial charge in [0.2, 0.25) is 0 Å². The first kappa shape index (κ1) is 17.0. The summed E-state index contributed by atoms with van der Waals surface area (Å²) >= 11 is 0. The van der Waals surface area contributed by atoms with Crippen molar-refractivity contribution in [3.8, 4) is 0 Å². The predicted octanol–water partition coefficient (Wildman–Crippen LogP) is 1.58. The number of hydrogen-bond acceptors (Lipinski definition) is 5. The summed E-state index contributed by atoms with van der Waals surface area (Å²) in [7, 11) is 1.32. The molecule has 1 amide bonds. The third-order valence-corrected chi connectivity index (χ3v) is 2.93. The van der Waals surface area contributed by atoms with E-state index in [9.17, 15) is 9.59 Å². The van der Waals surface area contributed by atoms with E-state index in [1.165, 1.54) is 7.11 Å². The smallest absolute Gasteiger partial charge is 0.407 e. The number of benzene rings is 1. The zero-order valence-corrected chi connectivity index (χ0v) is 12.2. The summed E-state index contributed by atoms with van der Waals surface area (Å²) in [6, 6.07) is 9.05. The molecule has 1 aromatic rings. The number of esters is 1. The van der Waals surface area contributed by atoms with Crippen molar-refractivity contribution < 1.29 is 19.1 Å². The molecule has 21 heavy (non-hydrogen) atoms. The Kier molecular flexibility index (Phi) is 7.89. The van der Waals surface area contributed by atoms with Gasteiger partial charge in [0.25, 0.3) is 0 Å². The Labute approximate surface area is 124 Å². The summed E-state index contributed by atoms with van der Waals surface area (Å²) < 4.78 is 9.73. The second-order valence-electron chi connectivity index (χ2n) is 4.61. The van der Waals surface area contributed by atoms with Gasteiger partial charge in [-0.25, -0.2) is 4.79 Å². The summed E-state index contributed by atoms with van der Waals surface area (Å²) in [6.07, 6.45) is 0.869. The van der Waals surface area contributed by atoms with Gasteiger partial charge in [0.05, 0.1) is 13.5 Å². The highest BCUT2D eigenvalue weighted by Gasteiger charge is 2.17. The normalized spacial score (nSPS) is 11.5. The highest BCUT2D eigenvalue weighted by molar-refractivity contribution is 5.72. The topological polar surface area (TPSA) is 90.6 Å². The minimum Gasteiger partial charge on any atom is -0.469 e. The maximum absolute atomic E-state index is 11.7. The van der Waals surface area contributed by atoms with Crippen LogP contribution in [0.5, 0.6) is 0 Å². The van der Waals surface area contributed by atoms with Gasteiger partial charge in [-0.3, -0.25) is 4.79 Å². The van der Waals surface area contributed by atoms with Crippen LogP contribution in [0, 0.1) is 0 Å². The first-order valence-corrected chi connectivity index (χ1v) is 6.89. The monoisotopic (exact) mass is 294 g/mol. The Morgan fingerprint density at radius 1 is 1.29 bits per heavy atom. The van der Waals surface area contributed by atoms with Crippen LogP contribution >= 0.6 is 0 Å². The lowest BCUT2D eigenvalue weighted by atomic mass is 10.1. The number of carbonyl (C=O) groups excluding carboxylic acids is 2. The number of methoxy groups -OCH3 is 1. The molecule has 0 fully saturated rings. The third-order valence-electron chi connectivity index (χ3n) is 2.93. The summed E-state index contributed by atoms with van der Waals surface area (Å²) in [5.74, 6) is -0.375. The van der Waals surface area contributed by atoms with Crippen LogP contribution in [0.1, 0.15) is 24.8 Å². The molecule has 0 aliphatic carbocycles. The molecule has 0 aliphatic rings. The number of carbonyl (C=O) groups is 2. The number of ether oxygens (including phenoxy) is 2. The van der Waals surface area contributed by atoms with Crippen molar-refractivity contribution in [2.24, 2.45) is 5.73 Å². The second-order valence-corrected chi connectivity index (χ2v) is 4.61. The molecule has 0 bridgehead atoms. The molecule has 1 aromatic carbocycles. The Bertz CT molecular complexity index is 437. The molecule has 0 aromatic heterocycles. The fourth-order valence-electron chi connectivity index (χ4n) is 1.81. The molecule has 6 heteroatoms. The molecule has 116 valence electrons. The van der Waals surface area contributed by atoms with Gasteiger partial charge in [0.1, 0.15) is 6.61 Å². The van der Waals surface area contributed by atoms with Crippen molar-refractivity contribution in [1.29, 1.82) is 0 Å². The van der Waals surface area contributed by atoms with Crippen LogP contribution in [0.4, 0.5) is 4.79 Å². The Morgan fingerprint density at radius 3 is 2.62 bits per heavy atom. The van der Waals surface area contributed by atoms with E-state index in [-0.39, 0.29) is 25.0 Å². The summed E-state index contributed by atoms with van der Waals surface area (Å²) in [6.45, 7) is 0.687. The standard InChI is InChI=1S/C15H22N2O4/c1-20-14(18)10-13(8-5-9-16)17-15(19)21-11-12-6-3-2-4-7-12/h2-4,6-7,13H,5,8-11,16H2,1H3,(H,17,19)/t13-/m0/s1. The van der Waals surface area contributed by atoms with Crippen molar-refractivity contribution in [2.45, 2.75) is 31.9 Å². The van der Waals surface area contributed by atoms with Gasteiger partial charge in [0, 0.05) is 6.04 Å². The number of alkyl carbamates (subject to hydrolysis) is 1. The number of amides is 1. The van der Waals surface area contributed by atoms with Gasteiger partial charge in [-0.05, 0) is 24.9 Å². The molecule has 0 aliphatic heterocycles. The first-order valence-electron chi connectivity index (χ1n) is 6.89. The van der Waals surface area contributed by atoms with E-state index in [1.807, 2.05) is 30.3 Å². The molecule has 3 N–H and O–H groups in total. The number of hydrogen-bond donors (Lipinski definition) is 2. The third kappa shape index (κ3) is 7.31. The average Bonchev–Trinajstić information content (AvgIpc) is 2.51. The Hall–Kier alpha value is -2.08. The van der Waals surface area contributed by atoms with Crippen LogP contribution in [-0.2, 0) is 20.9 Å². The minimum absolute atomic E-state index is 0.108. The van der Waals surface area contributed by atoms with Gasteiger partial charge >= 0.3 is 12.1 Å². The Balaban J connectivity index is 2.41. The van der Waals surface area contributed by atoms with Crippen molar-refractivity contribution in [3.05, 3.63) is 35.9 Å². The van der Waals surface area contributed by atoms with E-state index in [1.54, 1.807) is 0 Å². The van der Waals surface area contributed by atoms with Gasteiger partial charge in [0.15, 0.2) is 0 Å². The molecule has 0 unspecified atom stereocenters. The first-order chi connectivity index (χ1) is 10.2. The molecule has 1 atom stereocenters. The van der Waals surface area contributed by atoms with Crippen LogP contribution in [0.2, 0.25) is 0 Å². The number of nitrogens with one attached hydrogen (secondary N) is 1. The van der Waals surface area contributed by atoms with Crippen LogP contribution in [0.25, 0.3) is 0 Å². The zero-order chi connectivity index (χ0) is 15.5. The minimum atomic E-state index is -0.551. The van der Waals surface area contributed by atoms with E-state index in [0.717, 1.165) is 5.56 Å². The Morgan fingerprint density at radius 2 is 2.00 bits per heavy atom. The quantitative estimate of drug-likeness (QED) is 0.710. The van der Waals surface area contributed by atoms with Crippen LogP contribution in [0.3, 0.4) is 0 Å². The van der Waals surface area contributed by atoms with Crippen LogP contribution < -0.4 is 11.1 Å². The summed E-state index contributed by atoms with van der Waals surface area (Å²) in [5, 5.41) is 2.67. The lowest BCUT2D eigenvalue weighted by Gasteiger charge is -2.17. The van der Waals surface area contributed by atoms with E-state index < -0.39 is 6.09 Å². The number of rotatable bonds is 8. The molecule has 6 nitrogen and oxygen atoms in total. The van der Waals surface area contributed by atoms with Crippen molar-refractivity contribution in [1.82, 2.24) is 5.32 Å². The fourth-order valence-corrected chi connectivity index (χ4v) is 1.81. The summed E-state index contributed by atoms with van der Waals surface area (Å²) in [4.78, 5) is 23.0. The highest BCUT2D eigenvalue weighted by atomic mass is 16.5. The van der Waals surface area contributed by atoms with Crippen molar-refractivity contribution in [3.63, 3.8) is 0 Å². The predicted molar refractivity (Wildman–Crippen MR) is 78.5 cm³/mol. The average molecular weight is 294 g/mol. The highest BCUT2D eigenvalue weighted by Crippen LogP contribution is 2.05. The molecular weight excluding hydrogens is 272 g/mol. The van der Waals surface area contributed by atoms with Crippen molar-refractivity contribution in [2.75, 3.05) is 13.7 Å².